The Hall–Kier alpha value is -2.92. The number of ether oxygens (including phenoxy) is 1. The maximum Gasteiger partial charge on any atom is 0.225 e. The minimum absolute atomic E-state index is 0.135. The summed E-state index contributed by atoms with van der Waals surface area (Å²) >= 11 is 0. The Labute approximate surface area is 160 Å². The molecule has 0 unspecified atom stereocenters. The van der Waals surface area contributed by atoms with Gasteiger partial charge in [0, 0.05) is 12.7 Å². The van der Waals surface area contributed by atoms with Crippen LogP contribution in [0.25, 0.3) is 0 Å². The highest BCUT2D eigenvalue weighted by Gasteiger charge is 2.26. The molecule has 2 atom stereocenters. The summed E-state index contributed by atoms with van der Waals surface area (Å²) in [6.45, 7) is 4.30. The summed E-state index contributed by atoms with van der Waals surface area (Å²) in [5.74, 6) is 1.56. The van der Waals surface area contributed by atoms with Gasteiger partial charge in [-0.1, -0.05) is 60.7 Å². The maximum absolute atomic E-state index is 5.74. The number of aromatic nitrogens is 2. The Balaban J connectivity index is 1.55. The average molecular weight is 360 g/mol. The van der Waals surface area contributed by atoms with E-state index in [1.54, 1.807) is 0 Å². The fourth-order valence-electron chi connectivity index (χ4n) is 3.43. The zero-order chi connectivity index (χ0) is 18.5. The molecular weight excluding hydrogens is 336 g/mol. The topological polar surface area (TPSA) is 50.3 Å². The van der Waals surface area contributed by atoms with E-state index in [9.17, 15) is 0 Å². The van der Waals surface area contributed by atoms with E-state index in [0.717, 1.165) is 12.4 Å². The van der Waals surface area contributed by atoms with E-state index in [2.05, 4.69) is 58.5 Å². The summed E-state index contributed by atoms with van der Waals surface area (Å²) in [5, 5.41) is 3.41. The van der Waals surface area contributed by atoms with E-state index < -0.39 is 0 Å². The standard InChI is InChI=1S/C22H24N4O/c1-17(18-8-4-2-5-9-18)24-22-23-13-12-21(25-22)26-14-15-27-16-20(26)19-10-6-3-7-11-19/h2-13,17,20H,14-16H2,1H3,(H,23,24,25)/t17-,20-/m0/s1. The van der Waals surface area contributed by atoms with Gasteiger partial charge in [0.15, 0.2) is 0 Å². The van der Waals surface area contributed by atoms with Gasteiger partial charge in [-0.3, -0.25) is 0 Å². The van der Waals surface area contributed by atoms with Crippen molar-refractivity contribution in [3.8, 4) is 0 Å². The summed E-state index contributed by atoms with van der Waals surface area (Å²) in [6, 6.07) is 23.0. The molecule has 1 aliphatic heterocycles. The van der Waals surface area contributed by atoms with Crippen LogP contribution in [0.4, 0.5) is 11.8 Å². The van der Waals surface area contributed by atoms with Crippen molar-refractivity contribution in [1.29, 1.82) is 0 Å². The van der Waals surface area contributed by atoms with E-state index >= 15 is 0 Å². The minimum Gasteiger partial charge on any atom is -0.377 e. The van der Waals surface area contributed by atoms with Crippen molar-refractivity contribution >= 4 is 11.8 Å². The van der Waals surface area contributed by atoms with Crippen molar-refractivity contribution in [1.82, 2.24) is 9.97 Å². The fourth-order valence-corrected chi connectivity index (χ4v) is 3.43. The fraction of sp³-hybridized carbons (Fsp3) is 0.273. The SMILES string of the molecule is C[C@H](Nc1nccc(N2CCOC[C@H]2c2ccccc2)n1)c1ccccc1. The lowest BCUT2D eigenvalue weighted by Gasteiger charge is -2.36. The molecule has 0 bridgehead atoms. The number of hydrogen-bond donors (Lipinski definition) is 1. The summed E-state index contributed by atoms with van der Waals surface area (Å²) in [7, 11) is 0. The van der Waals surface area contributed by atoms with Crippen LogP contribution in [0.1, 0.15) is 30.1 Å². The van der Waals surface area contributed by atoms with E-state index in [1.165, 1.54) is 11.1 Å². The van der Waals surface area contributed by atoms with Gasteiger partial charge in [0.1, 0.15) is 5.82 Å². The highest BCUT2D eigenvalue weighted by Crippen LogP contribution is 2.29. The van der Waals surface area contributed by atoms with Gasteiger partial charge in [-0.2, -0.15) is 4.98 Å². The zero-order valence-corrected chi connectivity index (χ0v) is 15.5. The molecule has 0 amide bonds. The van der Waals surface area contributed by atoms with Crippen molar-refractivity contribution in [2.24, 2.45) is 0 Å². The molecule has 5 nitrogen and oxygen atoms in total. The molecule has 2 aromatic carbocycles. The first kappa shape index (κ1) is 17.5. The number of nitrogens with zero attached hydrogens (tertiary/aromatic N) is 3. The second-order valence-corrected chi connectivity index (χ2v) is 6.71. The van der Waals surface area contributed by atoms with Crippen LogP contribution in [-0.4, -0.2) is 29.7 Å². The lowest BCUT2D eigenvalue weighted by molar-refractivity contribution is 0.0937. The van der Waals surface area contributed by atoms with E-state index in [1.807, 2.05) is 36.5 Å². The Bertz CT molecular complexity index is 856. The van der Waals surface area contributed by atoms with Crippen LogP contribution in [0.5, 0.6) is 0 Å². The van der Waals surface area contributed by atoms with Crippen LogP contribution >= 0.6 is 0 Å². The van der Waals surface area contributed by atoms with Crippen LogP contribution in [0, 0.1) is 0 Å². The lowest BCUT2D eigenvalue weighted by Crippen LogP contribution is -2.40. The molecule has 1 aromatic heterocycles. The quantitative estimate of drug-likeness (QED) is 0.738. The van der Waals surface area contributed by atoms with Crippen molar-refractivity contribution in [2.75, 3.05) is 30.0 Å². The third-order valence-electron chi connectivity index (χ3n) is 4.89. The number of morpholine rings is 1. The first-order valence-corrected chi connectivity index (χ1v) is 9.35. The average Bonchev–Trinajstić information content (AvgIpc) is 2.75. The number of anilines is 2. The van der Waals surface area contributed by atoms with Crippen LogP contribution in [0.3, 0.4) is 0 Å². The monoisotopic (exact) mass is 360 g/mol. The van der Waals surface area contributed by atoms with Gasteiger partial charge in [0.05, 0.1) is 25.3 Å². The summed E-state index contributed by atoms with van der Waals surface area (Å²) in [6.07, 6.45) is 1.82. The molecular formula is C22H24N4O. The normalized spacial score (nSPS) is 18.1. The first-order chi connectivity index (χ1) is 13.3. The Morgan fingerprint density at radius 2 is 1.78 bits per heavy atom. The van der Waals surface area contributed by atoms with Gasteiger partial charge in [-0.05, 0) is 24.1 Å². The highest BCUT2D eigenvalue weighted by molar-refractivity contribution is 5.46. The number of nitrogens with one attached hydrogen (secondary N) is 1. The smallest absolute Gasteiger partial charge is 0.225 e. The molecule has 3 aromatic rings. The third kappa shape index (κ3) is 4.09. The molecule has 0 aliphatic carbocycles. The van der Waals surface area contributed by atoms with Crippen molar-refractivity contribution in [3.63, 3.8) is 0 Å². The van der Waals surface area contributed by atoms with E-state index in [4.69, 9.17) is 9.72 Å². The van der Waals surface area contributed by atoms with Crippen LogP contribution in [-0.2, 0) is 4.74 Å². The zero-order valence-electron chi connectivity index (χ0n) is 15.5. The van der Waals surface area contributed by atoms with Gasteiger partial charge in [-0.25, -0.2) is 4.98 Å². The van der Waals surface area contributed by atoms with E-state index in [-0.39, 0.29) is 12.1 Å². The van der Waals surface area contributed by atoms with Crippen molar-refractivity contribution < 1.29 is 4.74 Å². The number of rotatable bonds is 5. The minimum atomic E-state index is 0.135. The van der Waals surface area contributed by atoms with Crippen LogP contribution in [0.15, 0.2) is 72.9 Å². The molecule has 0 spiro atoms. The largest absolute Gasteiger partial charge is 0.377 e. The van der Waals surface area contributed by atoms with Crippen LogP contribution in [0.2, 0.25) is 0 Å². The summed E-state index contributed by atoms with van der Waals surface area (Å²) in [5.41, 5.74) is 2.45. The lowest BCUT2D eigenvalue weighted by atomic mass is 10.1. The molecule has 1 aliphatic rings. The van der Waals surface area contributed by atoms with Gasteiger partial charge < -0.3 is 15.0 Å². The van der Waals surface area contributed by atoms with Gasteiger partial charge in [0.25, 0.3) is 0 Å². The Kier molecular flexibility index (Phi) is 5.30. The molecule has 1 fully saturated rings. The van der Waals surface area contributed by atoms with Gasteiger partial charge in [-0.15, -0.1) is 0 Å². The predicted octanol–water partition coefficient (Wildman–Crippen LogP) is 4.23. The maximum atomic E-state index is 5.74. The predicted molar refractivity (Wildman–Crippen MR) is 108 cm³/mol. The summed E-state index contributed by atoms with van der Waals surface area (Å²) in [4.78, 5) is 11.5. The van der Waals surface area contributed by atoms with E-state index in [0.29, 0.717) is 19.2 Å². The highest BCUT2D eigenvalue weighted by atomic mass is 16.5. The number of benzene rings is 2. The van der Waals surface area contributed by atoms with Crippen LogP contribution < -0.4 is 10.2 Å². The van der Waals surface area contributed by atoms with Gasteiger partial charge >= 0.3 is 0 Å². The molecule has 0 radical (unpaired) electrons. The molecule has 0 saturated carbocycles. The Morgan fingerprint density at radius 3 is 2.56 bits per heavy atom. The molecule has 2 heterocycles. The molecule has 27 heavy (non-hydrogen) atoms. The second-order valence-electron chi connectivity index (χ2n) is 6.71. The molecule has 1 N–H and O–H groups in total. The Morgan fingerprint density at radius 1 is 1.04 bits per heavy atom. The molecule has 138 valence electrons. The third-order valence-corrected chi connectivity index (χ3v) is 4.89. The summed E-state index contributed by atoms with van der Waals surface area (Å²) < 4.78 is 5.74. The second kappa shape index (κ2) is 8.18. The molecule has 1 saturated heterocycles. The van der Waals surface area contributed by atoms with Gasteiger partial charge in [0.2, 0.25) is 5.95 Å². The number of hydrogen-bond acceptors (Lipinski definition) is 5. The first-order valence-electron chi connectivity index (χ1n) is 9.35. The van der Waals surface area contributed by atoms with Crippen molar-refractivity contribution in [3.05, 3.63) is 84.1 Å². The van der Waals surface area contributed by atoms with Crippen molar-refractivity contribution in [2.45, 2.75) is 19.0 Å². The molecule has 5 heteroatoms. The molecule has 4 rings (SSSR count).